The second kappa shape index (κ2) is 6.68. The van der Waals surface area contributed by atoms with Crippen molar-refractivity contribution in [3.63, 3.8) is 0 Å². The zero-order chi connectivity index (χ0) is 14.6. The van der Waals surface area contributed by atoms with Crippen LogP contribution in [0.3, 0.4) is 0 Å². The van der Waals surface area contributed by atoms with Crippen molar-refractivity contribution < 1.29 is 4.79 Å². The highest BCUT2D eigenvalue weighted by Crippen LogP contribution is 2.17. The predicted molar refractivity (Wildman–Crippen MR) is 78.8 cm³/mol. The van der Waals surface area contributed by atoms with Gasteiger partial charge in [-0.25, -0.2) is 0 Å². The first kappa shape index (κ1) is 16.4. The molecule has 5 nitrogen and oxygen atoms in total. The molecule has 0 spiro atoms. The molecule has 0 aromatic heterocycles. The Morgan fingerprint density at radius 3 is 1.95 bits per heavy atom. The van der Waals surface area contributed by atoms with Crippen LogP contribution in [0.4, 0.5) is 0 Å². The maximum Gasteiger partial charge on any atom is 0.237 e. The van der Waals surface area contributed by atoms with Crippen LogP contribution in [0.5, 0.6) is 0 Å². The molecule has 19 heavy (non-hydrogen) atoms. The van der Waals surface area contributed by atoms with E-state index >= 15 is 0 Å². The summed E-state index contributed by atoms with van der Waals surface area (Å²) >= 11 is 0. The Kier molecular flexibility index (Phi) is 5.77. The van der Waals surface area contributed by atoms with Crippen LogP contribution in [0.1, 0.15) is 40.5 Å². The fraction of sp³-hybridized carbons (Fsp3) is 0.929. The fourth-order valence-corrected chi connectivity index (χ4v) is 2.72. The van der Waals surface area contributed by atoms with E-state index in [9.17, 15) is 4.79 Å². The number of nitrogens with zero attached hydrogens (tertiary/aromatic N) is 2. The van der Waals surface area contributed by atoms with E-state index in [1.807, 2.05) is 0 Å². The van der Waals surface area contributed by atoms with Crippen LogP contribution < -0.4 is 11.5 Å². The first-order valence-electron chi connectivity index (χ1n) is 7.34. The van der Waals surface area contributed by atoms with Crippen molar-refractivity contribution >= 4 is 5.91 Å². The maximum atomic E-state index is 11.3. The number of hydrogen-bond acceptors (Lipinski definition) is 4. The largest absolute Gasteiger partial charge is 0.368 e. The van der Waals surface area contributed by atoms with Crippen LogP contribution in [0.2, 0.25) is 0 Å². The lowest BCUT2D eigenvalue weighted by molar-refractivity contribution is -0.123. The molecule has 3 atom stereocenters. The van der Waals surface area contributed by atoms with Gasteiger partial charge >= 0.3 is 0 Å². The lowest BCUT2D eigenvalue weighted by Crippen LogP contribution is -2.56. The minimum absolute atomic E-state index is 0.293. The summed E-state index contributed by atoms with van der Waals surface area (Å²) in [5, 5.41) is 0. The van der Waals surface area contributed by atoms with Crippen molar-refractivity contribution in [2.45, 2.75) is 58.2 Å². The van der Waals surface area contributed by atoms with Crippen LogP contribution in [-0.4, -0.2) is 59.5 Å². The Morgan fingerprint density at radius 2 is 1.58 bits per heavy atom. The highest BCUT2D eigenvalue weighted by molar-refractivity contribution is 5.83. The van der Waals surface area contributed by atoms with Gasteiger partial charge in [0, 0.05) is 38.3 Å². The summed E-state index contributed by atoms with van der Waals surface area (Å²) in [6.45, 7) is 12.6. The molecule has 4 N–H and O–H groups in total. The Labute approximate surface area is 117 Å². The molecule has 0 saturated carbocycles. The molecule has 1 amide bonds. The van der Waals surface area contributed by atoms with Crippen molar-refractivity contribution in [1.82, 2.24) is 9.80 Å². The van der Waals surface area contributed by atoms with Crippen LogP contribution >= 0.6 is 0 Å². The standard InChI is InChI=1S/C14H30N4O/c1-5-11(2)17-6-8-18(9-7-17)12(3)10-14(4,16)13(15)19/h11-12H,5-10,16H2,1-4H3,(H2,15,19). The average Bonchev–Trinajstić information content (AvgIpc) is 2.37. The summed E-state index contributed by atoms with van der Waals surface area (Å²) in [5.74, 6) is -0.419. The molecule has 3 unspecified atom stereocenters. The normalized spacial score (nSPS) is 24.7. The third-order valence-corrected chi connectivity index (χ3v) is 4.47. The molecule has 1 heterocycles. The molecule has 0 bridgehead atoms. The molecule has 0 aromatic rings. The van der Waals surface area contributed by atoms with Crippen molar-refractivity contribution in [3.05, 3.63) is 0 Å². The van der Waals surface area contributed by atoms with E-state index in [1.54, 1.807) is 6.92 Å². The van der Waals surface area contributed by atoms with Gasteiger partial charge in [-0.1, -0.05) is 6.92 Å². The molecular weight excluding hydrogens is 240 g/mol. The SMILES string of the molecule is CCC(C)N1CCN(C(C)CC(C)(N)C(N)=O)CC1. The molecule has 112 valence electrons. The van der Waals surface area contributed by atoms with Gasteiger partial charge in [0.1, 0.15) is 0 Å². The monoisotopic (exact) mass is 270 g/mol. The second-order valence-electron chi connectivity index (χ2n) is 6.16. The number of rotatable bonds is 6. The minimum atomic E-state index is -0.909. The second-order valence-corrected chi connectivity index (χ2v) is 6.16. The Morgan fingerprint density at radius 1 is 1.16 bits per heavy atom. The number of nitrogens with two attached hydrogens (primary N) is 2. The Bertz CT molecular complexity index is 298. The lowest BCUT2D eigenvalue weighted by Gasteiger charge is -2.41. The highest BCUT2D eigenvalue weighted by atomic mass is 16.1. The van der Waals surface area contributed by atoms with Gasteiger partial charge in [0.15, 0.2) is 0 Å². The van der Waals surface area contributed by atoms with E-state index in [4.69, 9.17) is 11.5 Å². The van der Waals surface area contributed by atoms with Gasteiger partial charge in [0.2, 0.25) is 5.91 Å². The number of amides is 1. The van der Waals surface area contributed by atoms with E-state index < -0.39 is 11.4 Å². The third-order valence-electron chi connectivity index (χ3n) is 4.47. The molecule has 1 aliphatic rings. The maximum absolute atomic E-state index is 11.3. The summed E-state index contributed by atoms with van der Waals surface area (Å²) in [4.78, 5) is 16.2. The van der Waals surface area contributed by atoms with E-state index in [2.05, 4.69) is 30.6 Å². The summed E-state index contributed by atoms with van der Waals surface area (Å²) in [5.41, 5.74) is 10.4. The van der Waals surface area contributed by atoms with Crippen molar-refractivity contribution in [2.24, 2.45) is 11.5 Å². The van der Waals surface area contributed by atoms with Gasteiger partial charge in [-0.3, -0.25) is 14.6 Å². The third kappa shape index (κ3) is 4.44. The number of carbonyl (C=O) groups is 1. The van der Waals surface area contributed by atoms with Crippen LogP contribution in [-0.2, 0) is 4.79 Å². The van der Waals surface area contributed by atoms with Gasteiger partial charge < -0.3 is 11.5 Å². The highest BCUT2D eigenvalue weighted by Gasteiger charge is 2.31. The van der Waals surface area contributed by atoms with E-state index in [-0.39, 0.29) is 0 Å². The molecule has 0 aliphatic carbocycles. The summed E-state index contributed by atoms with van der Waals surface area (Å²) in [6.07, 6.45) is 1.81. The number of hydrogen-bond donors (Lipinski definition) is 2. The molecular formula is C14H30N4O. The van der Waals surface area contributed by atoms with Crippen molar-refractivity contribution in [3.8, 4) is 0 Å². The summed E-state index contributed by atoms with van der Waals surface area (Å²) in [7, 11) is 0. The first-order chi connectivity index (χ1) is 8.77. The minimum Gasteiger partial charge on any atom is -0.368 e. The van der Waals surface area contributed by atoms with Crippen LogP contribution in [0.15, 0.2) is 0 Å². The van der Waals surface area contributed by atoms with Gasteiger partial charge in [0.05, 0.1) is 5.54 Å². The Balaban J connectivity index is 2.45. The molecule has 1 aliphatic heterocycles. The van der Waals surface area contributed by atoms with Gasteiger partial charge in [-0.15, -0.1) is 0 Å². The first-order valence-corrected chi connectivity index (χ1v) is 7.34. The summed E-state index contributed by atoms with van der Waals surface area (Å²) in [6, 6.07) is 0.949. The summed E-state index contributed by atoms with van der Waals surface area (Å²) < 4.78 is 0. The lowest BCUT2D eigenvalue weighted by atomic mass is 9.93. The number of piperazine rings is 1. The van der Waals surface area contributed by atoms with Crippen LogP contribution in [0.25, 0.3) is 0 Å². The molecule has 0 radical (unpaired) electrons. The number of primary amides is 1. The Hall–Kier alpha value is -0.650. The van der Waals surface area contributed by atoms with Gasteiger partial charge in [-0.05, 0) is 33.6 Å². The molecule has 1 fully saturated rings. The molecule has 1 saturated heterocycles. The zero-order valence-electron chi connectivity index (χ0n) is 12.9. The number of carbonyl (C=O) groups excluding carboxylic acids is 1. The zero-order valence-corrected chi connectivity index (χ0v) is 12.9. The smallest absolute Gasteiger partial charge is 0.237 e. The fourth-order valence-electron chi connectivity index (χ4n) is 2.72. The van der Waals surface area contributed by atoms with Gasteiger partial charge in [0.25, 0.3) is 0 Å². The van der Waals surface area contributed by atoms with Crippen molar-refractivity contribution in [2.75, 3.05) is 26.2 Å². The quantitative estimate of drug-likeness (QED) is 0.732. The van der Waals surface area contributed by atoms with E-state index in [0.29, 0.717) is 18.5 Å². The van der Waals surface area contributed by atoms with E-state index in [0.717, 1.165) is 26.2 Å². The topological polar surface area (TPSA) is 75.6 Å². The van der Waals surface area contributed by atoms with Crippen molar-refractivity contribution in [1.29, 1.82) is 0 Å². The van der Waals surface area contributed by atoms with Gasteiger partial charge in [-0.2, -0.15) is 0 Å². The molecule has 1 rings (SSSR count). The molecule has 5 heteroatoms. The van der Waals surface area contributed by atoms with Crippen LogP contribution in [0, 0.1) is 0 Å². The van der Waals surface area contributed by atoms with E-state index in [1.165, 1.54) is 6.42 Å². The predicted octanol–water partition coefficient (Wildman–Crippen LogP) is 0.384. The average molecular weight is 270 g/mol. The molecule has 0 aromatic carbocycles.